The van der Waals surface area contributed by atoms with E-state index in [0.717, 1.165) is 13.1 Å². The fraction of sp³-hybridized carbons (Fsp3) is 1.00. The van der Waals surface area contributed by atoms with Gasteiger partial charge in [-0.25, -0.2) is 0 Å². The minimum Gasteiger partial charge on any atom is -0.314 e. The van der Waals surface area contributed by atoms with E-state index in [9.17, 15) is 0 Å². The van der Waals surface area contributed by atoms with Crippen molar-refractivity contribution in [3.8, 4) is 0 Å². The van der Waals surface area contributed by atoms with Crippen LogP contribution in [0.15, 0.2) is 0 Å². The Hall–Kier alpha value is -0.160. The van der Waals surface area contributed by atoms with Crippen LogP contribution in [-0.4, -0.2) is 49.8 Å². The molecule has 4 atom stereocenters. The first-order valence-electron chi connectivity index (χ1n) is 9.09. The third-order valence-corrected chi connectivity index (χ3v) is 4.83. The minimum atomic E-state index is 0.599. The lowest BCUT2D eigenvalue weighted by molar-refractivity contribution is 0.275. The first-order valence-corrected chi connectivity index (χ1v) is 9.09. The van der Waals surface area contributed by atoms with Crippen molar-refractivity contribution in [3.63, 3.8) is 0 Å². The maximum atomic E-state index is 3.73. The molecule has 0 spiro atoms. The summed E-state index contributed by atoms with van der Waals surface area (Å²) in [5.41, 5.74) is 0. The van der Waals surface area contributed by atoms with Crippen LogP contribution < -0.4 is 21.3 Å². The van der Waals surface area contributed by atoms with Gasteiger partial charge < -0.3 is 21.3 Å². The second-order valence-corrected chi connectivity index (χ2v) is 7.39. The molecule has 2 rings (SSSR count). The largest absolute Gasteiger partial charge is 0.314 e. The molecule has 4 N–H and O–H groups in total. The van der Waals surface area contributed by atoms with Crippen LogP contribution in [0.3, 0.4) is 0 Å². The van der Waals surface area contributed by atoms with E-state index in [-0.39, 0.29) is 0 Å². The van der Waals surface area contributed by atoms with Crippen molar-refractivity contribution in [1.29, 1.82) is 0 Å². The van der Waals surface area contributed by atoms with Gasteiger partial charge in [-0.05, 0) is 52.1 Å². The van der Waals surface area contributed by atoms with Gasteiger partial charge in [-0.1, -0.05) is 20.3 Å². The summed E-state index contributed by atoms with van der Waals surface area (Å²) < 4.78 is 0. The molecule has 4 unspecified atom stereocenters. The number of rotatable bonds is 7. The second-order valence-electron chi connectivity index (χ2n) is 7.39. The smallest absolute Gasteiger partial charge is 0.0192 e. The molecule has 2 aliphatic rings. The Balaban J connectivity index is 1.63. The first-order chi connectivity index (χ1) is 10.1. The van der Waals surface area contributed by atoms with Crippen molar-refractivity contribution in [2.24, 2.45) is 0 Å². The number of hydrogen-bond donors (Lipinski definition) is 4. The highest BCUT2D eigenvalue weighted by Gasteiger charge is 2.23. The Labute approximate surface area is 131 Å². The molecule has 0 aliphatic carbocycles. The van der Waals surface area contributed by atoms with Gasteiger partial charge in [0.05, 0.1) is 0 Å². The SMILES string of the molecule is CC(C)NC1CCNC(CC(C)NCC2CCCCN2)C1. The van der Waals surface area contributed by atoms with Crippen LogP contribution in [0.25, 0.3) is 0 Å². The van der Waals surface area contributed by atoms with Gasteiger partial charge in [0.25, 0.3) is 0 Å². The van der Waals surface area contributed by atoms with Gasteiger partial charge in [0.15, 0.2) is 0 Å². The van der Waals surface area contributed by atoms with Crippen LogP contribution in [0.4, 0.5) is 0 Å². The van der Waals surface area contributed by atoms with E-state index in [0.29, 0.717) is 30.2 Å². The molecule has 0 amide bonds. The number of nitrogens with one attached hydrogen (secondary N) is 4. The predicted molar refractivity (Wildman–Crippen MR) is 90.8 cm³/mol. The van der Waals surface area contributed by atoms with E-state index in [1.165, 1.54) is 45.1 Å². The Morgan fingerprint density at radius 2 is 1.81 bits per heavy atom. The molecule has 124 valence electrons. The van der Waals surface area contributed by atoms with Crippen molar-refractivity contribution in [2.45, 2.75) is 89.5 Å². The summed E-state index contributed by atoms with van der Waals surface area (Å²) in [6.45, 7) is 10.3. The molecular formula is C17H36N4. The molecule has 0 radical (unpaired) electrons. The third kappa shape index (κ3) is 6.64. The lowest BCUT2D eigenvalue weighted by Gasteiger charge is -2.34. The highest BCUT2D eigenvalue weighted by molar-refractivity contribution is 4.86. The Morgan fingerprint density at radius 1 is 1.00 bits per heavy atom. The predicted octanol–water partition coefficient (Wildman–Crippen LogP) is 1.62. The standard InChI is InChI=1S/C17H36N4/c1-13(2)21-15-7-9-19-17(11-15)10-14(3)20-12-16-6-4-5-8-18-16/h13-21H,4-12H2,1-3H3. The van der Waals surface area contributed by atoms with Crippen molar-refractivity contribution in [2.75, 3.05) is 19.6 Å². The molecule has 0 aromatic rings. The summed E-state index contributed by atoms with van der Waals surface area (Å²) in [7, 11) is 0. The van der Waals surface area contributed by atoms with Crippen molar-refractivity contribution >= 4 is 0 Å². The van der Waals surface area contributed by atoms with E-state index in [1.807, 2.05) is 0 Å². The molecular weight excluding hydrogens is 260 g/mol. The molecule has 0 aromatic heterocycles. The summed E-state index contributed by atoms with van der Waals surface area (Å²) in [4.78, 5) is 0. The maximum absolute atomic E-state index is 3.73. The fourth-order valence-corrected chi connectivity index (χ4v) is 3.76. The van der Waals surface area contributed by atoms with Gasteiger partial charge in [0.1, 0.15) is 0 Å². The summed E-state index contributed by atoms with van der Waals surface area (Å²) in [6.07, 6.45) is 7.85. The molecule has 21 heavy (non-hydrogen) atoms. The maximum Gasteiger partial charge on any atom is 0.0192 e. The molecule has 4 nitrogen and oxygen atoms in total. The third-order valence-electron chi connectivity index (χ3n) is 4.83. The lowest BCUT2D eigenvalue weighted by Crippen LogP contribution is -2.50. The van der Waals surface area contributed by atoms with Gasteiger partial charge in [-0.15, -0.1) is 0 Å². The van der Waals surface area contributed by atoms with E-state index >= 15 is 0 Å². The van der Waals surface area contributed by atoms with Crippen LogP contribution in [0.2, 0.25) is 0 Å². The lowest BCUT2D eigenvalue weighted by atomic mass is 9.94. The minimum absolute atomic E-state index is 0.599. The molecule has 2 saturated heterocycles. The normalized spacial score (nSPS) is 32.3. The van der Waals surface area contributed by atoms with E-state index in [2.05, 4.69) is 42.0 Å². The zero-order chi connectivity index (χ0) is 15.1. The molecule has 4 heteroatoms. The number of piperidine rings is 2. The molecule has 0 aromatic carbocycles. The molecule has 2 fully saturated rings. The zero-order valence-corrected chi connectivity index (χ0v) is 14.3. The van der Waals surface area contributed by atoms with Gasteiger partial charge in [-0.2, -0.15) is 0 Å². The van der Waals surface area contributed by atoms with Gasteiger partial charge in [-0.3, -0.25) is 0 Å². The topological polar surface area (TPSA) is 48.1 Å². The number of hydrogen-bond acceptors (Lipinski definition) is 4. The van der Waals surface area contributed by atoms with Gasteiger partial charge in [0.2, 0.25) is 0 Å². The molecule has 0 saturated carbocycles. The van der Waals surface area contributed by atoms with Crippen LogP contribution in [0.1, 0.15) is 59.3 Å². The Bertz CT molecular complexity index is 276. The van der Waals surface area contributed by atoms with Gasteiger partial charge >= 0.3 is 0 Å². The van der Waals surface area contributed by atoms with Crippen molar-refractivity contribution in [1.82, 2.24) is 21.3 Å². The quantitative estimate of drug-likeness (QED) is 0.577. The Kier molecular flexibility index (Phi) is 7.44. The van der Waals surface area contributed by atoms with Crippen molar-refractivity contribution < 1.29 is 0 Å². The average Bonchev–Trinajstić information content (AvgIpc) is 2.46. The van der Waals surface area contributed by atoms with Crippen LogP contribution >= 0.6 is 0 Å². The van der Waals surface area contributed by atoms with E-state index in [4.69, 9.17) is 0 Å². The fourth-order valence-electron chi connectivity index (χ4n) is 3.76. The van der Waals surface area contributed by atoms with Crippen molar-refractivity contribution in [3.05, 3.63) is 0 Å². The second kappa shape index (κ2) is 9.09. The monoisotopic (exact) mass is 296 g/mol. The van der Waals surface area contributed by atoms with Crippen LogP contribution in [-0.2, 0) is 0 Å². The highest BCUT2D eigenvalue weighted by Crippen LogP contribution is 2.14. The van der Waals surface area contributed by atoms with Crippen LogP contribution in [0.5, 0.6) is 0 Å². The highest BCUT2D eigenvalue weighted by atomic mass is 15.0. The molecule has 0 bridgehead atoms. The molecule has 2 heterocycles. The summed E-state index contributed by atoms with van der Waals surface area (Å²) in [5.74, 6) is 0. The summed E-state index contributed by atoms with van der Waals surface area (Å²) in [5, 5.41) is 14.7. The summed E-state index contributed by atoms with van der Waals surface area (Å²) >= 11 is 0. The average molecular weight is 297 g/mol. The summed E-state index contributed by atoms with van der Waals surface area (Å²) in [6, 6.07) is 3.25. The van der Waals surface area contributed by atoms with Crippen LogP contribution in [0, 0.1) is 0 Å². The molecule has 2 aliphatic heterocycles. The van der Waals surface area contributed by atoms with Gasteiger partial charge in [0, 0.05) is 36.8 Å². The zero-order valence-electron chi connectivity index (χ0n) is 14.3. The first kappa shape index (κ1) is 17.2. The Morgan fingerprint density at radius 3 is 2.52 bits per heavy atom. The van der Waals surface area contributed by atoms with E-state index in [1.54, 1.807) is 0 Å². The van der Waals surface area contributed by atoms with E-state index < -0.39 is 0 Å².